The quantitative estimate of drug-likeness (QED) is 0.728. The van der Waals surface area contributed by atoms with E-state index in [0.717, 1.165) is 12.8 Å². The third-order valence-corrected chi connectivity index (χ3v) is 3.04. The molecule has 6 heteroatoms. The van der Waals surface area contributed by atoms with E-state index in [-0.39, 0.29) is 6.04 Å². The lowest BCUT2D eigenvalue weighted by atomic mass is 10.1. The molecule has 110 valence electrons. The van der Waals surface area contributed by atoms with Crippen LogP contribution in [0.1, 0.15) is 18.9 Å². The molecule has 0 fully saturated rings. The Hall–Kier alpha value is -2.63. The van der Waals surface area contributed by atoms with Gasteiger partial charge < -0.3 is 10.6 Å². The highest BCUT2D eigenvalue weighted by molar-refractivity contribution is 6.39. The van der Waals surface area contributed by atoms with E-state index in [9.17, 15) is 9.59 Å². The summed E-state index contributed by atoms with van der Waals surface area (Å²) in [5.74, 6) is -0.955. The third kappa shape index (κ3) is 4.76. The number of aryl methyl sites for hydroxylation is 1. The second-order valence-electron chi connectivity index (χ2n) is 4.82. The van der Waals surface area contributed by atoms with Gasteiger partial charge >= 0.3 is 11.8 Å². The highest BCUT2D eigenvalue weighted by Gasteiger charge is 2.16. The number of amides is 2. The lowest BCUT2D eigenvalue weighted by molar-refractivity contribution is -0.136. The number of hydrogen-bond donors (Lipinski definition) is 3. The molecular formula is C15H18N4O2. The first kappa shape index (κ1) is 14.8. The second kappa shape index (κ2) is 7.23. The van der Waals surface area contributed by atoms with Gasteiger partial charge in [-0.05, 0) is 25.3 Å². The molecular weight excluding hydrogens is 268 g/mol. The van der Waals surface area contributed by atoms with Crippen molar-refractivity contribution in [2.24, 2.45) is 0 Å². The van der Waals surface area contributed by atoms with Gasteiger partial charge in [-0.25, -0.2) is 0 Å². The van der Waals surface area contributed by atoms with E-state index in [1.165, 1.54) is 11.8 Å². The molecule has 1 aromatic heterocycles. The van der Waals surface area contributed by atoms with Crippen molar-refractivity contribution in [2.75, 3.05) is 5.32 Å². The van der Waals surface area contributed by atoms with Gasteiger partial charge in [-0.2, -0.15) is 5.10 Å². The molecule has 0 saturated carbocycles. The molecule has 1 atom stereocenters. The lowest BCUT2D eigenvalue weighted by Crippen LogP contribution is -2.40. The Kier molecular flexibility index (Phi) is 5.09. The van der Waals surface area contributed by atoms with Gasteiger partial charge in [0.05, 0.1) is 6.20 Å². The van der Waals surface area contributed by atoms with Crippen molar-refractivity contribution in [2.45, 2.75) is 25.8 Å². The number of nitrogens with one attached hydrogen (secondary N) is 3. The molecule has 0 radical (unpaired) electrons. The molecule has 0 bridgehead atoms. The van der Waals surface area contributed by atoms with Gasteiger partial charge in [-0.3, -0.25) is 14.7 Å². The van der Waals surface area contributed by atoms with Gasteiger partial charge in [0.2, 0.25) is 0 Å². The first-order valence-electron chi connectivity index (χ1n) is 6.80. The molecule has 0 aliphatic rings. The zero-order valence-electron chi connectivity index (χ0n) is 11.8. The van der Waals surface area contributed by atoms with E-state index >= 15 is 0 Å². The van der Waals surface area contributed by atoms with Crippen molar-refractivity contribution < 1.29 is 9.59 Å². The van der Waals surface area contributed by atoms with Crippen LogP contribution in [0.3, 0.4) is 0 Å². The minimum Gasteiger partial charge on any atom is -0.345 e. The van der Waals surface area contributed by atoms with Crippen molar-refractivity contribution in [3.05, 3.63) is 48.2 Å². The molecule has 6 nitrogen and oxygen atoms in total. The number of aromatic nitrogens is 2. The Bertz CT molecular complexity index is 581. The van der Waals surface area contributed by atoms with Gasteiger partial charge in [0.1, 0.15) is 5.82 Å². The third-order valence-electron chi connectivity index (χ3n) is 3.04. The Morgan fingerprint density at radius 2 is 1.95 bits per heavy atom. The molecule has 1 heterocycles. The molecule has 0 saturated heterocycles. The number of benzene rings is 1. The summed E-state index contributed by atoms with van der Waals surface area (Å²) in [4.78, 5) is 23.4. The van der Waals surface area contributed by atoms with E-state index in [1.54, 1.807) is 6.07 Å². The molecule has 0 aliphatic carbocycles. The fourth-order valence-electron chi connectivity index (χ4n) is 1.89. The number of nitrogens with zero attached hydrogens (tertiary/aromatic N) is 1. The first-order chi connectivity index (χ1) is 10.1. The molecule has 0 aliphatic heterocycles. The Labute approximate surface area is 122 Å². The molecule has 2 rings (SSSR count). The van der Waals surface area contributed by atoms with E-state index in [4.69, 9.17) is 0 Å². The van der Waals surface area contributed by atoms with Gasteiger partial charge in [-0.1, -0.05) is 30.3 Å². The minimum atomic E-state index is -0.703. The summed E-state index contributed by atoms with van der Waals surface area (Å²) in [6.45, 7) is 1.88. The number of carbonyl (C=O) groups is 2. The van der Waals surface area contributed by atoms with Crippen LogP contribution in [0.4, 0.5) is 5.82 Å². The van der Waals surface area contributed by atoms with E-state index < -0.39 is 11.8 Å². The summed E-state index contributed by atoms with van der Waals surface area (Å²) < 4.78 is 0. The number of rotatable bonds is 5. The number of anilines is 1. The van der Waals surface area contributed by atoms with Crippen LogP contribution in [-0.2, 0) is 16.0 Å². The van der Waals surface area contributed by atoms with Crippen LogP contribution in [0.25, 0.3) is 0 Å². The fourth-order valence-corrected chi connectivity index (χ4v) is 1.89. The summed E-state index contributed by atoms with van der Waals surface area (Å²) in [6.07, 6.45) is 3.12. The van der Waals surface area contributed by atoms with Crippen molar-refractivity contribution in [1.29, 1.82) is 0 Å². The van der Waals surface area contributed by atoms with Gasteiger partial charge in [0, 0.05) is 12.1 Å². The van der Waals surface area contributed by atoms with Crippen molar-refractivity contribution in [3.8, 4) is 0 Å². The maximum Gasteiger partial charge on any atom is 0.314 e. The Morgan fingerprint density at radius 3 is 2.62 bits per heavy atom. The van der Waals surface area contributed by atoms with Gasteiger partial charge in [-0.15, -0.1) is 0 Å². The average Bonchev–Trinajstić information content (AvgIpc) is 2.99. The highest BCUT2D eigenvalue weighted by atomic mass is 16.2. The molecule has 2 amide bonds. The topological polar surface area (TPSA) is 86.9 Å². The zero-order chi connectivity index (χ0) is 15.1. The summed E-state index contributed by atoms with van der Waals surface area (Å²) in [7, 11) is 0. The molecule has 1 unspecified atom stereocenters. The molecule has 3 N–H and O–H groups in total. The summed E-state index contributed by atoms with van der Waals surface area (Å²) in [5, 5.41) is 11.4. The van der Waals surface area contributed by atoms with Crippen LogP contribution in [0.2, 0.25) is 0 Å². The predicted molar refractivity (Wildman–Crippen MR) is 79.6 cm³/mol. The average molecular weight is 286 g/mol. The maximum atomic E-state index is 11.7. The van der Waals surface area contributed by atoms with Crippen LogP contribution >= 0.6 is 0 Å². The SMILES string of the molecule is CC(CCc1ccccc1)NC(=O)C(=O)Nc1ccn[nH]1. The smallest absolute Gasteiger partial charge is 0.314 e. The number of carbonyl (C=O) groups excluding carboxylic acids is 2. The van der Waals surface area contributed by atoms with Crippen LogP contribution < -0.4 is 10.6 Å². The largest absolute Gasteiger partial charge is 0.345 e. The Morgan fingerprint density at radius 1 is 1.19 bits per heavy atom. The predicted octanol–water partition coefficient (Wildman–Crippen LogP) is 1.49. The molecule has 2 aromatic rings. The van der Waals surface area contributed by atoms with Gasteiger partial charge in [0.15, 0.2) is 0 Å². The zero-order valence-corrected chi connectivity index (χ0v) is 11.8. The highest BCUT2D eigenvalue weighted by Crippen LogP contribution is 2.05. The monoisotopic (exact) mass is 286 g/mol. The van der Waals surface area contributed by atoms with Crippen molar-refractivity contribution in [1.82, 2.24) is 15.5 Å². The first-order valence-corrected chi connectivity index (χ1v) is 6.80. The fraction of sp³-hybridized carbons (Fsp3) is 0.267. The summed E-state index contributed by atoms with van der Waals surface area (Å²) >= 11 is 0. The van der Waals surface area contributed by atoms with E-state index in [1.807, 2.05) is 37.3 Å². The van der Waals surface area contributed by atoms with Crippen LogP contribution in [0, 0.1) is 0 Å². The minimum absolute atomic E-state index is 0.0785. The molecule has 1 aromatic carbocycles. The summed E-state index contributed by atoms with van der Waals surface area (Å²) in [6, 6.07) is 11.5. The van der Waals surface area contributed by atoms with E-state index in [2.05, 4.69) is 20.8 Å². The molecule has 0 spiro atoms. The number of aromatic amines is 1. The summed E-state index contributed by atoms with van der Waals surface area (Å²) in [5.41, 5.74) is 1.21. The van der Waals surface area contributed by atoms with Gasteiger partial charge in [0.25, 0.3) is 0 Å². The molecule has 21 heavy (non-hydrogen) atoms. The Balaban J connectivity index is 1.75. The number of hydrogen-bond acceptors (Lipinski definition) is 3. The van der Waals surface area contributed by atoms with E-state index in [0.29, 0.717) is 5.82 Å². The maximum absolute atomic E-state index is 11.7. The number of H-pyrrole nitrogens is 1. The standard InChI is InChI=1S/C15H18N4O2/c1-11(7-8-12-5-3-2-4-6-12)17-14(20)15(21)18-13-9-10-16-19-13/h2-6,9-11H,7-8H2,1H3,(H,17,20)(H2,16,18,19,21). The van der Waals surface area contributed by atoms with Crippen LogP contribution in [0.15, 0.2) is 42.6 Å². The van der Waals surface area contributed by atoms with Crippen LogP contribution in [0.5, 0.6) is 0 Å². The van der Waals surface area contributed by atoms with Crippen LogP contribution in [-0.4, -0.2) is 28.1 Å². The second-order valence-corrected chi connectivity index (χ2v) is 4.82. The van der Waals surface area contributed by atoms with Crippen molar-refractivity contribution >= 4 is 17.6 Å². The normalized spacial score (nSPS) is 11.7. The lowest BCUT2D eigenvalue weighted by Gasteiger charge is -2.13. The van der Waals surface area contributed by atoms with Crippen molar-refractivity contribution in [3.63, 3.8) is 0 Å².